The van der Waals surface area contributed by atoms with Crippen molar-refractivity contribution in [1.29, 1.82) is 0 Å². The number of pyridine rings is 1. The van der Waals surface area contributed by atoms with Crippen LogP contribution in [0, 0.1) is 0 Å². The van der Waals surface area contributed by atoms with Crippen LogP contribution in [0.2, 0.25) is 0 Å². The molecule has 0 aromatic carbocycles. The Labute approximate surface area is 164 Å². The molecule has 0 N–H and O–H groups in total. The summed E-state index contributed by atoms with van der Waals surface area (Å²) in [6.45, 7) is 9.61. The summed E-state index contributed by atoms with van der Waals surface area (Å²) in [6, 6.07) is 2.27. The monoisotopic (exact) mass is 383 g/mol. The van der Waals surface area contributed by atoms with E-state index >= 15 is 0 Å². The third-order valence-electron chi connectivity index (χ3n) is 5.41. The van der Waals surface area contributed by atoms with E-state index in [0.717, 1.165) is 68.2 Å². The van der Waals surface area contributed by atoms with Crippen molar-refractivity contribution in [3.8, 4) is 5.75 Å². The molecular formula is C19H25N7O2. The SMILES string of the molecule is CC(C)n1ncnc1C1CN2CCOc3cc(N4CCOCC4)ncc3C2=N1. The van der Waals surface area contributed by atoms with Crippen molar-refractivity contribution >= 4 is 11.7 Å². The molecule has 148 valence electrons. The number of hydrogen-bond donors (Lipinski definition) is 0. The van der Waals surface area contributed by atoms with Crippen LogP contribution in [0.4, 0.5) is 5.82 Å². The highest BCUT2D eigenvalue weighted by Gasteiger charge is 2.34. The summed E-state index contributed by atoms with van der Waals surface area (Å²) in [5.74, 6) is 3.64. The number of rotatable bonds is 3. The molecule has 9 heteroatoms. The van der Waals surface area contributed by atoms with Crippen molar-refractivity contribution in [3.05, 3.63) is 30.0 Å². The van der Waals surface area contributed by atoms with E-state index in [1.165, 1.54) is 0 Å². The van der Waals surface area contributed by atoms with Gasteiger partial charge in [0, 0.05) is 37.9 Å². The van der Waals surface area contributed by atoms with E-state index in [2.05, 4.69) is 33.7 Å². The van der Waals surface area contributed by atoms with Crippen molar-refractivity contribution in [3.63, 3.8) is 0 Å². The van der Waals surface area contributed by atoms with E-state index in [1.54, 1.807) is 6.33 Å². The van der Waals surface area contributed by atoms with Crippen molar-refractivity contribution in [1.82, 2.24) is 24.6 Å². The average Bonchev–Trinajstić information content (AvgIpc) is 3.33. The predicted molar refractivity (Wildman–Crippen MR) is 104 cm³/mol. The fourth-order valence-electron chi connectivity index (χ4n) is 3.98. The van der Waals surface area contributed by atoms with Gasteiger partial charge in [0.2, 0.25) is 0 Å². The van der Waals surface area contributed by atoms with Gasteiger partial charge in [-0.3, -0.25) is 4.99 Å². The van der Waals surface area contributed by atoms with Crippen LogP contribution in [0.25, 0.3) is 0 Å². The quantitative estimate of drug-likeness (QED) is 0.790. The number of fused-ring (bicyclic) bond motifs is 3. The first-order chi connectivity index (χ1) is 13.7. The van der Waals surface area contributed by atoms with Crippen LogP contribution in [-0.4, -0.2) is 76.5 Å². The van der Waals surface area contributed by atoms with Gasteiger partial charge in [0.1, 0.15) is 36.4 Å². The molecule has 0 radical (unpaired) electrons. The molecular weight excluding hydrogens is 358 g/mol. The van der Waals surface area contributed by atoms with Crippen molar-refractivity contribution < 1.29 is 9.47 Å². The zero-order valence-electron chi connectivity index (χ0n) is 16.3. The fourth-order valence-corrected chi connectivity index (χ4v) is 3.98. The molecule has 0 bridgehead atoms. The summed E-state index contributed by atoms with van der Waals surface area (Å²) < 4.78 is 13.5. The maximum Gasteiger partial charge on any atom is 0.153 e. The van der Waals surface area contributed by atoms with E-state index in [9.17, 15) is 0 Å². The molecule has 5 heterocycles. The van der Waals surface area contributed by atoms with Gasteiger partial charge in [0.15, 0.2) is 5.82 Å². The number of amidine groups is 1. The van der Waals surface area contributed by atoms with Crippen LogP contribution in [-0.2, 0) is 4.74 Å². The van der Waals surface area contributed by atoms with Crippen molar-refractivity contribution in [2.45, 2.75) is 25.9 Å². The van der Waals surface area contributed by atoms with Gasteiger partial charge in [-0.1, -0.05) is 0 Å². The van der Waals surface area contributed by atoms with Crippen LogP contribution in [0.5, 0.6) is 5.75 Å². The lowest BCUT2D eigenvalue weighted by Crippen LogP contribution is -2.36. The summed E-state index contributed by atoms with van der Waals surface area (Å²) in [5, 5.41) is 4.37. The molecule has 1 atom stereocenters. The number of nitrogens with zero attached hydrogens (tertiary/aromatic N) is 7. The topological polar surface area (TPSA) is 80.9 Å². The second kappa shape index (κ2) is 7.05. The molecule has 2 aromatic heterocycles. The Morgan fingerprint density at radius 2 is 1.89 bits per heavy atom. The molecule has 5 rings (SSSR count). The van der Waals surface area contributed by atoms with Gasteiger partial charge in [0.25, 0.3) is 0 Å². The van der Waals surface area contributed by atoms with Crippen molar-refractivity contribution in [2.24, 2.45) is 4.99 Å². The molecule has 28 heavy (non-hydrogen) atoms. The first-order valence-electron chi connectivity index (χ1n) is 9.89. The number of hydrogen-bond acceptors (Lipinski definition) is 8. The van der Waals surface area contributed by atoms with Gasteiger partial charge in [-0.2, -0.15) is 5.10 Å². The summed E-state index contributed by atoms with van der Waals surface area (Å²) in [6.07, 6.45) is 3.51. The Morgan fingerprint density at radius 3 is 2.71 bits per heavy atom. The lowest BCUT2D eigenvalue weighted by atomic mass is 10.2. The molecule has 0 spiro atoms. The second-order valence-corrected chi connectivity index (χ2v) is 7.56. The van der Waals surface area contributed by atoms with E-state index in [-0.39, 0.29) is 12.1 Å². The van der Waals surface area contributed by atoms with Crippen LogP contribution >= 0.6 is 0 Å². The van der Waals surface area contributed by atoms with E-state index in [0.29, 0.717) is 6.61 Å². The standard InChI is InChI=1S/C19H25N7O2/c1-13(2)26-19(21-12-22-26)15-11-25-5-8-28-16-9-17(24-3-6-27-7-4-24)20-10-14(16)18(25)23-15/h9-10,12-13,15H,3-8,11H2,1-2H3. The van der Waals surface area contributed by atoms with Gasteiger partial charge >= 0.3 is 0 Å². The first-order valence-corrected chi connectivity index (χ1v) is 9.89. The summed E-state index contributed by atoms with van der Waals surface area (Å²) >= 11 is 0. The van der Waals surface area contributed by atoms with E-state index < -0.39 is 0 Å². The summed E-state index contributed by atoms with van der Waals surface area (Å²) in [7, 11) is 0. The van der Waals surface area contributed by atoms with Gasteiger partial charge in [-0.25, -0.2) is 14.6 Å². The minimum absolute atomic E-state index is 0.0234. The molecule has 0 amide bonds. The molecule has 1 unspecified atom stereocenters. The van der Waals surface area contributed by atoms with E-state index in [1.807, 2.05) is 16.9 Å². The largest absolute Gasteiger partial charge is 0.491 e. The maximum absolute atomic E-state index is 6.05. The molecule has 0 saturated carbocycles. The Morgan fingerprint density at radius 1 is 1.07 bits per heavy atom. The Balaban J connectivity index is 1.48. The highest BCUT2D eigenvalue weighted by atomic mass is 16.5. The normalized spacial score (nSPS) is 21.8. The fraction of sp³-hybridized carbons (Fsp3) is 0.579. The van der Waals surface area contributed by atoms with Gasteiger partial charge in [-0.05, 0) is 13.8 Å². The highest BCUT2D eigenvalue weighted by molar-refractivity contribution is 6.02. The highest BCUT2D eigenvalue weighted by Crippen LogP contribution is 2.33. The van der Waals surface area contributed by atoms with Gasteiger partial charge < -0.3 is 19.3 Å². The molecule has 3 aliphatic rings. The number of aromatic nitrogens is 4. The first kappa shape index (κ1) is 17.4. The number of aliphatic imine (C=N–C) groups is 1. The summed E-state index contributed by atoms with van der Waals surface area (Å²) in [4.78, 5) is 18.7. The molecule has 0 aliphatic carbocycles. The minimum atomic E-state index is -0.0234. The molecule has 2 aromatic rings. The Hall–Kier alpha value is -2.68. The second-order valence-electron chi connectivity index (χ2n) is 7.56. The van der Waals surface area contributed by atoms with Crippen LogP contribution in [0.15, 0.2) is 23.6 Å². The molecule has 3 aliphatic heterocycles. The van der Waals surface area contributed by atoms with Crippen molar-refractivity contribution in [2.75, 3.05) is 50.9 Å². The molecule has 1 saturated heterocycles. The third-order valence-corrected chi connectivity index (χ3v) is 5.41. The predicted octanol–water partition coefficient (Wildman–Crippen LogP) is 1.29. The van der Waals surface area contributed by atoms with Crippen LogP contribution in [0.3, 0.4) is 0 Å². The van der Waals surface area contributed by atoms with Crippen LogP contribution < -0.4 is 9.64 Å². The molecule has 9 nitrogen and oxygen atoms in total. The summed E-state index contributed by atoms with van der Waals surface area (Å²) in [5.41, 5.74) is 0.952. The average molecular weight is 383 g/mol. The van der Waals surface area contributed by atoms with Gasteiger partial charge in [-0.15, -0.1) is 0 Å². The Kier molecular flexibility index (Phi) is 4.38. The van der Waals surface area contributed by atoms with Crippen LogP contribution in [0.1, 0.15) is 37.3 Å². The third kappa shape index (κ3) is 2.99. The number of anilines is 1. The van der Waals surface area contributed by atoms with Gasteiger partial charge in [0.05, 0.1) is 25.3 Å². The molecule has 1 fully saturated rings. The lowest BCUT2D eigenvalue weighted by Gasteiger charge is -2.28. The zero-order chi connectivity index (χ0) is 19.1. The Bertz CT molecular complexity index is 888. The van der Waals surface area contributed by atoms with E-state index in [4.69, 9.17) is 19.5 Å². The number of morpholine rings is 1. The minimum Gasteiger partial charge on any atom is -0.491 e. The smallest absolute Gasteiger partial charge is 0.153 e. The maximum atomic E-state index is 6.05. The lowest BCUT2D eigenvalue weighted by molar-refractivity contribution is 0.122. The zero-order valence-corrected chi connectivity index (χ0v) is 16.3. The number of ether oxygens (including phenoxy) is 2.